The summed E-state index contributed by atoms with van der Waals surface area (Å²) in [6.07, 6.45) is 5.51. The lowest BCUT2D eigenvalue weighted by molar-refractivity contribution is -0.121. The van der Waals surface area contributed by atoms with Crippen molar-refractivity contribution in [2.75, 3.05) is 43.2 Å². The second-order valence-electron chi connectivity index (χ2n) is 7.53. The number of ketones is 1. The van der Waals surface area contributed by atoms with Crippen LogP contribution in [0, 0.1) is 5.92 Å². The summed E-state index contributed by atoms with van der Waals surface area (Å²) >= 11 is 4.04. The van der Waals surface area contributed by atoms with Crippen molar-refractivity contribution >= 4 is 52.0 Å². The fraction of sp³-hybridized carbons (Fsp3) is 0.850. The Kier molecular flexibility index (Phi) is 12.5. The van der Waals surface area contributed by atoms with Crippen LogP contribution in [-0.2, 0) is 23.9 Å². The maximum absolute atomic E-state index is 11.9. The molecule has 29 heavy (non-hydrogen) atoms. The molecule has 9 heteroatoms. The van der Waals surface area contributed by atoms with Gasteiger partial charge in [0.25, 0.3) is 0 Å². The molecule has 7 nitrogen and oxygen atoms in total. The highest BCUT2D eigenvalue weighted by Crippen LogP contribution is 2.39. The molecular formula is C20H33IN2O5S. The van der Waals surface area contributed by atoms with Gasteiger partial charge in [-0.25, -0.2) is 0 Å². The average molecular weight is 540 g/mol. The van der Waals surface area contributed by atoms with Crippen LogP contribution in [-0.4, -0.2) is 72.0 Å². The molecule has 2 aliphatic rings. The Morgan fingerprint density at radius 1 is 1.10 bits per heavy atom. The predicted molar refractivity (Wildman–Crippen MR) is 123 cm³/mol. The molecule has 0 aliphatic carbocycles. The maximum Gasteiger partial charge on any atom is 0.220 e. The van der Waals surface area contributed by atoms with E-state index in [-0.39, 0.29) is 17.6 Å². The smallest absolute Gasteiger partial charge is 0.220 e. The van der Waals surface area contributed by atoms with E-state index in [1.165, 1.54) is 0 Å². The molecule has 0 bridgehead atoms. The molecule has 0 aromatic rings. The number of nitrogens with one attached hydrogen (secondary N) is 2. The fourth-order valence-corrected chi connectivity index (χ4v) is 5.67. The van der Waals surface area contributed by atoms with Gasteiger partial charge in [0.2, 0.25) is 11.8 Å². The van der Waals surface area contributed by atoms with Crippen molar-refractivity contribution in [2.45, 2.75) is 56.2 Å². The Hall–Kier alpha value is -0.390. The number of thioether (sulfide) groups is 1. The van der Waals surface area contributed by atoms with Crippen molar-refractivity contribution in [3.05, 3.63) is 0 Å². The molecule has 0 radical (unpaired) electrons. The van der Waals surface area contributed by atoms with Crippen LogP contribution in [0.1, 0.15) is 44.9 Å². The summed E-state index contributed by atoms with van der Waals surface area (Å²) in [5.41, 5.74) is 0. The lowest BCUT2D eigenvalue weighted by Crippen LogP contribution is -2.34. The molecule has 2 saturated heterocycles. The van der Waals surface area contributed by atoms with Crippen LogP contribution in [0.3, 0.4) is 0 Å². The summed E-state index contributed by atoms with van der Waals surface area (Å²) in [6.45, 7) is 2.57. The number of ether oxygens (including phenoxy) is 2. The molecule has 0 aromatic heterocycles. The zero-order valence-electron chi connectivity index (χ0n) is 17.0. The topological polar surface area (TPSA) is 93.7 Å². The number of Topliss-reactive ketones (excluding diaryl/α,β-unsaturated/α-hetero) is 1. The minimum Gasteiger partial charge on any atom is -0.379 e. The number of hydrogen-bond acceptors (Lipinski definition) is 6. The summed E-state index contributed by atoms with van der Waals surface area (Å²) in [5.74, 6) is 2.11. The van der Waals surface area contributed by atoms with Gasteiger partial charge in [0.05, 0.1) is 24.2 Å². The van der Waals surface area contributed by atoms with Gasteiger partial charge in [0, 0.05) is 43.7 Å². The van der Waals surface area contributed by atoms with Crippen LogP contribution in [0.15, 0.2) is 0 Å². The van der Waals surface area contributed by atoms with Gasteiger partial charge in [-0.2, -0.15) is 11.8 Å². The third kappa shape index (κ3) is 9.97. The number of fused-ring (bicyclic) bond motifs is 1. The van der Waals surface area contributed by atoms with Crippen molar-refractivity contribution in [1.29, 1.82) is 0 Å². The highest BCUT2D eigenvalue weighted by Gasteiger charge is 2.42. The number of carbonyl (C=O) groups is 3. The van der Waals surface area contributed by atoms with E-state index in [4.69, 9.17) is 9.47 Å². The molecule has 3 atom stereocenters. The minimum atomic E-state index is 0.0656. The van der Waals surface area contributed by atoms with E-state index in [2.05, 4.69) is 33.2 Å². The standard InChI is InChI=1S/C20H33IN2O5S/c21-13-16(24)4-3-8-27-10-11-28-9-7-22-18(25)6-2-1-5-17-20-15(14-29-17)12-19(26)23-20/h15,17,20H,1-14H2,(H,22,25)(H,23,26)/t15-,17-,20-/m0/s1. The third-order valence-corrected chi connectivity index (χ3v) is 7.61. The molecule has 2 N–H and O–H groups in total. The number of hydrogen-bond donors (Lipinski definition) is 2. The molecule has 0 saturated carbocycles. The van der Waals surface area contributed by atoms with E-state index < -0.39 is 0 Å². The summed E-state index contributed by atoms with van der Waals surface area (Å²) < 4.78 is 11.4. The Morgan fingerprint density at radius 2 is 1.90 bits per heavy atom. The Bertz CT molecular complexity index is 537. The molecule has 0 aromatic carbocycles. The van der Waals surface area contributed by atoms with Crippen molar-refractivity contribution in [3.8, 4) is 0 Å². The van der Waals surface area contributed by atoms with Gasteiger partial charge in [-0.3, -0.25) is 14.4 Å². The number of rotatable bonds is 16. The SMILES string of the molecule is O=C(CI)CCCOCCOCCNC(=O)CCCC[C@@H]1SC[C@@H]2CC(=O)N[C@@H]21. The van der Waals surface area contributed by atoms with Crippen LogP contribution in [0.2, 0.25) is 0 Å². The lowest BCUT2D eigenvalue weighted by atomic mass is 9.97. The third-order valence-electron chi connectivity index (χ3n) is 5.18. The normalized spacial score (nSPS) is 23.1. The number of amides is 2. The van der Waals surface area contributed by atoms with E-state index in [0.717, 1.165) is 31.4 Å². The number of halogens is 1. The first kappa shape index (κ1) is 24.9. The van der Waals surface area contributed by atoms with Gasteiger partial charge in [-0.1, -0.05) is 29.0 Å². The summed E-state index contributed by atoms with van der Waals surface area (Å²) in [6, 6.07) is 0.348. The molecule has 2 fully saturated rings. The number of carbonyl (C=O) groups excluding carboxylic acids is 3. The molecule has 2 heterocycles. The van der Waals surface area contributed by atoms with E-state index >= 15 is 0 Å². The second-order valence-corrected chi connectivity index (χ2v) is 9.56. The van der Waals surface area contributed by atoms with Gasteiger partial charge < -0.3 is 20.1 Å². The monoisotopic (exact) mass is 540 g/mol. The Balaban J connectivity index is 1.35. The van der Waals surface area contributed by atoms with Crippen molar-refractivity contribution < 1.29 is 23.9 Å². The predicted octanol–water partition coefficient (Wildman–Crippen LogP) is 2.10. The molecule has 2 rings (SSSR count). The van der Waals surface area contributed by atoms with Gasteiger partial charge in [-0.05, 0) is 30.9 Å². The summed E-state index contributed by atoms with van der Waals surface area (Å²) in [7, 11) is 0. The molecule has 0 spiro atoms. The Labute approximate surface area is 191 Å². The lowest BCUT2D eigenvalue weighted by Gasteiger charge is -2.17. The molecular weight excluding hydrogens is 507 g/mol. The number of unbranched alkanes of at least 4 members (excludes halogenated alkanes) is 1. The van der Waals surface area contributed by atoms with Gasteiger partial charge in [-0.15, -0.1) is 0 Å². The van der Waals surface area contributed by atoms with E-state index in [9.17, 15) is 14.4 Å². The highest BCUT2D eigenvalue weighted by atomic mass is 127. The zero-order valence-corrected chi connectivity index (χ0v) is 19.9. The fourth-order valence-electron chi connectivity index (χ4n) is 3.64. The van der Waals surface area contributed by atoms with Crippen molar-refractivity contribution in [1.82, 2.24) is 10.6 Å². The molecule has 0 unspecified atom stereocenters. The highest BCUT2D eigenvalue weighted by molar-refractivity contribution is 14.1. The number of alkyl halides is 1. The van der Waals surface area contributed by atoms with Crippen LogP contribution in [0.4, 0.5) is 0 Å². The first-order valence-corrected chi connectivity index (χ1v) is 13.1. The maximum atomic E-state index is 11.9. The molecule has 2 aliphatic heterocycles. The van der Waals surface area contributed by atoms with Crippen LogP contribution < -0.4 is 10.6 Å². The largest absolute Gasteiger partial charge is 0.379 e. The second kappa shape index (κ2) is 14.6. The van der Waals surface area contributed by atoms with Gasteiger partial charge in [0.15, 0.2) is 0 Å². The van der Waals surface area contributed by atoms with E-state index in [0.29, 0.717) is 73.9 Å². The summed E-state index contributed by atoms with van der Waals surface area (Å²) in [5, 5.41) is 6.50. The Morgan fingerprint density at radius 3 is 2.69 bits per heavy atom. The summed E-state index contributed by atoms with van der Waals surface area (Å²) in [4.78, 5) is 34.5. The molecule has 166 valence electrons. The quantitative estimate of drug-likeness (QED) is 0.177. The molecule has 2 amide bonds. The average Bonchev–Trinajstić information content (AvgIpc) is 3.25. The van der Waals surface area contributed by atoms with Crippen molar-refractivity contribution in [3.63, 3.8) is 0 Å². The van der Waals surface area contributed by atoms with E-state index in [1.54, 1.807) is 0 Å². The first-order valence-electron chi connectivity index (χ1n) is 10.5. The van der Waals surface area contributed by atoms with Crippen LogP contribution in [0.5, 0.6) is 0 Å². The van der Waals surface area contributed by atoms with Gasteiger partial charge >= 0.3 is 0 Å². The van der Waals surface area contributed by atoms with E-state index in [1.807, 2.05) is 11.8 Å². The van der Waals surface area contributed by atoms with Gasteiger partial charge in [0.1, 0.15) is 5.78 Å². The zero-order chi connectivity index (χ0) is 20.9. The minimum absolute atomic E-state index is 0.0656. The van der Waals surface area contributed by atoms with Crippen LogP contribution >= 0.6 is 34.4 Å². The van der Waals surface area contributed by atoms with Crippen LogP contribution in [0.25, 0.3) is 0 Å². The van der Waals surface area contributed by atoms with Crippen molar-refractivity contribution in [2.24, 2.45) is 5.92 Å². The first-order chi connectivity index (χ1) is 14.1.